The van der Waals surface area contributed by atoms with E-state index in [4.69, 9.17) is 4.74 Å². The topological polar surface area (TPSA) is 63.6 Å². The summed E-state index contributed by atoms with van der Waals surface area (Å²) in [5.74, 6) is -0.897. The van der Waals surface area contributed by atoms with Gasteiger partial charge in [0.15, 0.2) is 0 Å². The molecule has 4 nitrogen and oxygen atoms in total. The zero-order valence-corrected chi connectivity index (χ0v) is 14.8. The minimum absolute atomic E-state index is 0.0170. The molecule has 0 aliphatic heterocycles. The molecule has 1 N–H and O–H groups in total. The molecule has 0 unspecified atom stereocenters. The molecule has 0 radical (unpaired) electrons. The number of carboxylic acid groups (broad SMARTS) is 1. The number of carbonyl (C=O) groups excluding carboxylic acids is 1. The fraction of sp³-hybridized carbons (Fsp3) is 0.579. The van der Waals surface area contributed by atoms with Gasteiger partial charge in [0.2, 0.25) is 0 Å². The summed E-state index contributed by atoms with van der Waals surface area (Å²) in [6, 6.07) is 6.20. The third-order valence-electron chi connectivity index (χ3n) is 3.89. The Kier molecular flexibility index (Phi) is 6.79. The first kappa shape index (κ1) is 19.2. The van der Waals surface area contributed by atoms with E-state index in [-0.39, 0.29) is 11.1 Å². The van der Waals surface area contributed by atoms with Crippen LogP contribution in [0.1, 0.15) is 74.6 Å². The lowest BCUT2D eigenvalue weighted by atomic mass is 9.82. The number of hydrogen-bond donors (Lipinski definition) is 1. The number of esters is 1. The Bertz CT molecular complexity index is 536. The molecular weight excluding hydrogens is 292 g/mol. The Morgan fingerprint density at radius 3 is 1.91 bits per heavy atom. The van der Waals surface area contributed by atoms with Crippen LogP contribution in [0.2, 0.25) is 0 Å². The maximum atomic E-state index is 12.6. The smallest absolute Gasteiger partial charge is 0.339 e. The van der Waals surface area contributed by atoms with Gasteiger partial charge in [-0.3, -0.25) is 0 Å². The normalized spacial score (nSPS) is 11.8. The first-order valence-corrected chi connectivity index (χ1v) is 8.26. The van der Waals surface area contributed by atoms with Crippen molar-refractivity contribution >= 4 is 11.9 Å². The number of carbonyl (C=O) groups is 2. The minimum Gasteiger partial charge on any atom is -0.478 e. The highest BCUT2D eigenvalue weighted by Gasteiger charge is 2.35. The molecule has 0 heterocycles. The van der Waals surface area contributed by atoms with Crippen molar-refractivity contribution in [3.05, 3.63) is 35.4 Å². The van der Waals surface area contributed by atoms with Crippen LogP contribution < -0.4 is 0 Å². The highest BCUT2D eigenvalue weighted by Crippen LogP contribution is 2.33. The van der Waals surface area contributed by atoms with Gasteiger partial charge in [-0.05, 0) is 43.2 Å². The van der Waals surface area contributed by atoms with Crippen LogP contribution in [0.15, 0.2) is 24.3 Å². The van der Waals surface area contributed by atoms with Gasteiger partial charge in [-0.25, -0.2) is 9.59 Å². The van der Waals surface area contributed by atoms with E-state index in [1.54, 1.807) is 12.1 Å². The average Bonchev–Trinajstić information content (AvgIpc) is 2.45. The van der Waals surface area contributed by atoms with E-state index in [2.05, 4.69) is 27.7 Å². The monoisotopic (exact) mass is 320 g/mol. The van der Waals surface area contributed by atoms with Gasteiger partial charge in [-0.2, -0.15) is 0 Å². The molecule has 23 heavy (non-hydrogen) atoms. The van der Waals surface area contributed by atoms with Crippen LogP contribution in [0.25, 0.3) is 0 Å². The summed E-state index contributed by atoms with van der Waals surface area (Å²) in [6.07, 6.45) is 2.25. The zero-order valence-electron chi connectivity index (χ0n) is 14.8. The maximum absolute atomic E-state index is 12.6. The first-order chi connectivity index (χ1) is 10.7. The van der Waals surface area contributed by atoms with Crippen molar-refractivity contribution in [2.45, 2.75) is 59.5 Å². The van der Waals surface area contributed by atoms with Gasteiger partial charge in [0.05, 0.1) is 11.1 Å². The largest absolute Gasteiger partial charge is 0.478 e. The van der Waals surface area contributed by atoms with Crippen LogP contribution in [0, 0.1) is 11.8 Å². The van der Waals surface area contributed by atoms with E-state index < -0.39 is 17.5 Å². The predicted octanol–water partition coefficient (Wildman–Crippen LogP) is 4.78. The van der Waals surface area contributed by atoms with Gasteiger partial charge in [0.25, 0.3) is 0 Å². The molecule has 0 spiro atoms. The van der Waals surface area contributed by atoms with Crippen molar-refractivity contribution in [2.24, 2.45) is 11.8 Å². The van der Waals surface area contributed by atoms with Crippen molar-refractivity contribution < 1.29 is 19.4 Å². The molecular formula is C19H28O4. The third-order valence-corrected chi connectivity index (χ3v) is 3.89. The van der Waals surface area contributed by atoms with E-state index in [0.717, 1.165) is 12.8 Å². The Labute approximate surface area is 138 Å². The molecule has 1 rings (SSSR count). The molecule has 1 aromatic rings. The van der Waals surface area contributed by atoms with E-state index >= 15 is 0 Å². The van der Waals surface area contributed by atoms with Crippen LogP contribution in [0.3, 0.4) is 0 Å². The van der Waals surface area contributed by atoms with Gasteiger partial charge in [-0.15, -0.1) is 0 Å². The number of ether oxygens (including phenoxy) is 1. The lowest BCUT2D eigenvalue weighted by Crippen LogP contribution is -2.38. The van der Waals surface area contributed by atoms with Crippen LogP contribution in [-0.4, -0.2) is 22.6 Å². The second kappa shape index (κ2) is 8.14. The highest BCUT2D eigenvalue weighted by molar-refractivity contribution is 6.02. The molecule has 4 heteroatoms. The van der Waals surface area contributed by atoms with E-state index in [9.17, 15) is 14.7 Å². The quantitative estimate of drug-likeness (QED) is 0.700. The molecule has 0 amide bonds. The SMILES string of the molecule is CCC(CC(C)C)(CC(C)C)OC(=O)c1ccccc1C(=O)O. The van der Waals surface area contributed by atoms with Crippen molar-refractivity contribution in [1.29, 1.82) is 0 Å². The number of hydrogen-bond acceptors (Lipinski definition) is 3. The molecule has 0 aliphatic rings. The number of carboxylic acids is 1. The Morgan fingerprint density at radius 2 is 1.52 bits per heavy atom. The van der Waals surface area contributed by atoms with Gasteiger partial charge < -0.3 is 9.84 Å². The predicted molar refractivity (Wildman–Crippen MR) is 90.7 cm³/mol. The summed E-state index contributed by atoms with van der Waals surface area (Å²) >= 11 is 0. The summed E-state index contributed by atoms with van der Waals surface area (Å²) < 4.78 is 5.88. The molecule has 0 atom stereocenters. The van der Waals surface area contributed by atoms with Crippen molar-refractivity contribution in [3.63, 3.8) is 0 Å². The fourth-order valence-corrected chi connectivity index (χ4v) is 3.11. The molecule has 1 aromatic carbocycles. The van der Waals surface area contributed by atoms with Gasteiger partial charge in [0.1, 0.15) is 5.60 Å². The second-order valence-corrected chi connectivity index (χ2v) is 6.97. The highest BCUT2D eigenvalue weighted by atomic mass is 16.6. The summed E-state index contributed by atoms with van der Waals surface area (Å²) in [6.45, 7) is 10.4. The number of rotatable bonds is 8. The second-order valence-electron chi connectivity index (χ2n) is 6.97. The fourth-order valence-electron chi connectivity index (χ4n) is 3.11. The molecule has 0 aromatic heterocycles. The molecule has 128 valence electrons. The Morgan fingerprint density at radius 1 is 1.04 bits per heavy atom. The lowest BCUT2D eigenvalue weighted by molar-refractivity contribution is -0.0420. The summed E-state index contributed by atoms with van der Waals surface area (Å²) in [7, 11) is 0. The van der Waals surface area contributed by atoms with Crippen LogP contribution >= 0.6 is 0 Å². The molecule has 0 fully saturated rings. The van der Waals surface area contributed by atoms with E-state index in [0.29, 0.717) is 18.3 Å². The number of benzene rings is 1. The van der Waals surface area contributed by atoms with Crippen LogP contribution in [0.5, 0.6) is 0 Å². The lowest BCUT2D eigenvalue weighted by Gasteiger charge is -2.36. The average molecular weight is 320 g/mol. The van der Waals surface area contributed by atoms with Crippen molar-refractivity contribution in [2.75, 3.05) is 0 Å². The maximum Gasteiger partial charge on any atom is 0.339 e. The van der Waals surface area contributed by atoms with Crippen molar-refractivity contribution in [1.82, 2.24) is 0 Å². The zero-order chi connectivity index (χ0) is 17.6. The summed E-state index contributed by atoms with van der Waals surface area (Å²) in [4.78, 5) is 23.9. The van der Waals surface area contributed by atoms with Crippen molar-refractivity contribution in [3.8, 4) is 0 Å². The Balaban J connectivity index is 3.12. The summed E-state index contributed by atoms with van der Waals surface area (Å²) in [5, 5.41) is 9.25. The third kappa shape index (κ3) is 5.38. The van der Waals surface area contributed by atoms with E-state index in [1.165, 1.54) is 12.1 Å². The van der Waals surface area contributed by atoms with Gasteiger partial charge in [-0.1, -0.05) is 46.8 Å². The molecule has 0 bridgehead atoms. The van der Waals surface area contributed by atoms with Crippen LogP contribution in [-0.2, 0) is 4.74 Å². The Hall–Kier alpha value is -1.84. The standard InChI is InChI=1S/C19H28O4/c1-6-19(11-13(2)3,12-14(4)5)23-18(22)16-10-8-7-9-15(16)17(20)21/h7-10,13-14H,6,11-12H2,1-5H3,(H,20,21). The number of aromatic carboxylic acids is 1. The molecule has 0 saturated heterocycles. The van der Waals surface area contributed by atoms with E-state index in [1.807, 2.05) is 6.92 Å². The molecule has 0 saturated carbocycles. The van der Waals surface area contributed by atoms with Gasteiger partial charge in [0, 0.05) is 0 Å². The van der Waals surface area contributed by atoms with Gasteiger partial charge >= 0.3 is 11.9 Å². The molecule has 0 aliphatic carbocycles. The summed E-state index contributed by atoms with van der Waals surface area (Å²) in [5.41, 5.74) is -0.452. The van der Waals surface area contributed by atoms with Crippen LogP contribution in [0.4, 0.5) is 0 Å². The first-order valence-electron chi connectivity index (χ1n) is 8.26. The minimum atomic E-state index is -1.12.